The van der Waals surface area contributed by atoms with Crippen LogP contribution in [0.5, 0.6) is 0 Å². The molecule has 2 rings (SSSR count). The normalized spacial score (nSPS) is 10.9. The molecule has 0 aliphatic rings. The number of aryl methyl sites for hydroxylation is 1. The number of nitrogens with one attached hydrogen (secondary N) is 1. The summed E-state index contributed by atoms with van der Waals surface area (Å²) in [5.41, 5.74) is 0.741. The third kappa shape index (κ3) is 4.47. The first-order valence-electron chi connectivity index (χ1n) is 6.68. The van der Waals surface area contributed by atoms with Crippen molar-refractivity contribution in [2.24, 2.45) is 0 Å². The van der Waals surface area contributed by atoms with Gasteiger partial charge >= 0.3 is 0 Å². The highest BCUT2D eigenvalue weighted by molar-refractivity contribution is 6.35. The summed E-state index contributed by atoms with van der Waals surface area (Å²) in [6.45, 7) is 4.14. The molecule has 0 unspecified atom stereocenters. The van der Waals surface area contributed by atoms with Gasteiger partial charge in [-0.2, -0.15) is 0 Å². The number of nitrogens with zero attached hydrogens (tertiary/aromatic N) is 2. The second kappa shape index (κ2) is 7.62. The highest BCUT2D eigenvalue weighted by Crippen LogP contribution is 2.26. The molecule has 0 aliphatic carbocycles. The van der Waals surface area contributed by atoms with E-state index in [4.69, 9.17) is 27.6 Å². The third-order valence-electron chi connectivity index (χ3n) is 2.75. The topological polar surface area (TPSA) is 51.0 Å². The maximum atomic E-state index is 5.96. The maximum absolute atomic E-state index is 5.96. The molecule has 20 heavy (non-hydrogen) atoms. The van der Waals surface area contributed by atoms with Gasteiger partial charge in [0.2, 0.25) is 11.8 Å². The third-order valence-corrected chi connectivity index (χ3v) is 3.18. The van der Waals surface area contributed by atoms with E-state index >= 15 is 0 Å². The Morgan fingerprint density at radius 2 is 1.85 bits per heavy atom. The Bertz CT molecular complexity index is 537. The highest BCUT2D eigenvalue weighted by Gasteiger charge is 2.10. The first-order valence-corrected chi connectivity index (χ1v) is 7.44. The second-order valence-corrected chi connectivity index (χ2v) is 5.39. The number of hydrogen-bond donors (Lipinski definition) is 1. The Hall–Kier alpha value is -1.10. The van der Waals surface area contributed by atoms with E-state index in [0.29, 0.717) is 21.8 Å². The first-order chi connectivity index (χ1) is 9.69. The molecule has 0 radical (unpaired) electrons. The Labute approximate surface area is 128 Å². The summed E-state index contributed by atoms with van der Waals surface area (Å²) in [5.74, 6) is 1.08. The molecule has 0 fully saturated rings. The summed E-state index contributed by atoms with van der Waals surface area (Å²) in [5, 5.41) is 12.5. The van der Waals surface area contributed by atoms with Crippen LogP contribution in [0.1, 0.15) is 25.7 Å². The van der Waals surface area contributed by atoms with Gasteiger partial charge in [0.25, 0.3) is 0 Å². The van der Waals surface area contributed by atoms with Crippen LogP contribution in [0.2, 0.25) is 10.0 Å². The van der Waals surface area contributed by atoms with Crippen molar-refractivity contribution >= 4 is 23.2 Å². The average Bonchev–Trinajstić information content (AvgIpc) is 2.86. The van der Waals surface area contributed by atoms with Crippen molar-refractivity contribution in [3.8, 4) is 11.5 Å². The van der Waals surface area contributed by atoms with Crippen LogP contribution in [0.4, 0.5) is 0 Å². The van der Waals surface area contributed by atoms with Crippen molar-refractivity contribution in [2.45, 2.75) is 26.2 Å². The molecule has 0 atom stereocenters. The molecular weight excluding hydrogens is 297 g/mol. The SMILES string of the molecule is CCCNCCCc1nnc(-c2cc(Cl)cc(Cl)c2)o1. The van der Waals surface area contributed by atoms with Crippen LogP contribution in [-0.2, 0) is 6.42 Å². The second-order valence-electron chi connectivity index (χ2n) is 4.51. The van der Waals surface area contributed by atoms with Gasteiger partial charge in [0.1, 0.15) is 0 Å². The van der Waals surface area contributed by atoms with Crippen LogP contribution >= 0.6 is 23.2 Å². The summed E-state index contributed by atoms with van der Waals surface area (Å²) >= 11 is 11.9. The van der Waals surface area contributed by atoms with Crippen LogP contribution in [0, 0.1) is 0 Å². The number of aromatic nitrogens is 2. The van der Waals surface area contributed by atoms with Crippen molar-refractivity contribution in [1.29, 1.82) is 0 Å². The van der Waals surface area contributed by atoms with Gasteiger partial charge in [-0.25, -0.2) is 0 Å². The molecule has 4 nitrogen and oxygen atoms in total. The monoisotopic (exact) mass is 313 g/mol. The predicted molar refractivity (Wildman–Crippen MR) is 81.2 cm³/mol. The van der Waals surface area contributed by atoms with E-state index in [-0.39, 0.29) is 0 Å². The number of benzene rings is 1. The van der Waals surface area contributed by atoms with Crippen LogP contribution in [-0.4, -0.2) is 23.3 Å². The lowest BCUT2D eigenvalue weighted by Gasteiger charge is -2.00. The van der Waals surface area contributed by atoms with Crippen molar-refractivity contribution < 1.29 is 4.42 Å². The van der Waals surface area contributed by atoms with Gasteiger partial charge < -0.3 is 9.73 Å². The van der Waals surface area contributed by atoms with Gasteiger partial charge in [0, 0.05) is 22.0 Å². The number of hydrogen-bond acceptors (Lipinski definition) is 4. The van der Waals surface area contributed by atoms with Crippen LogP contribution in [0.3, 0.4) is 0 Å². The van der Waals surface area contributed by atoms with Crippen LogP contribution in [0.15, 0.2) is 22.6 Å². The molecule has 1 aromatic heterocycles. The molecule has 0 amide bonds. The zero-order valence-electron chi connectivity index (χ0n) is 11.3. The minimum Gasteiger partial charge on any atom is -0.421 e. The highest BCUT2D eigenvalue weighted by atomic mass is 35.5. The lowest BCUT2D eigenvalue weighted by Crippen LogP contribution is -2.16. The summed E-state index contributed by atoms with van der Waals surface area (Å²) in [6, 6.07) is 5.18. The molecule has 1 N–H and O–H groups in total. The smallest absolute Gasteiger partial charge is 0.247 e. The fourth-order valence-corrected chi connectivity index (χ4v) is 2.34. The van der Waals surface area contributed by atoms with Crippen LogP contribution < -0.4 is 5.32 Å². The van der Waals surface area contributed by atoms with E-state index in [1.54, 1.807) is 18.2 Å². The van der Waals surface area contributed by atoms with Gasteiger partial charge in [-0.3, -0.25) is 0 Å². The fourth-order valence-electron chi connectivity index (χ4n) is 1.81. The van der Waals surface area contributed by atoms with Crippen molar-refractivity contribution in [1.82, 2.24) is 15.5 Å². The molecule has 6 heteroatoms. The number of halogens is 2. The lowest BCUT2D eigenvalue weighted by atomic mass is 10.2. The average molecular weight is 314 g/mol. The van der Waals surface area contributed by atoms with Gasteiger partial charge in [0.15, 0.2) is 0 Å². The molecule has 0 spiro atoms. The van der Waals surface area contributed by atoms with E-state index in [1.807, 2.05) is 0 Å². The molecule has 0 saturated carbocycles. The molecular formula is C14H17Cl2N3O. The van der Waals surface area contributed by atoms with Crippen molar-refractivity contribution in [2.75, 3.05) is 13.1 Å². The zero-order chi connectivity index (χ0) is 14.4. The van der Waals surface area contributed by atoms with Crippen LogP contribution in [0.25, 0.3) is 11.5 Å². The standard InChI is InChI=1S/C14H17Cl2N3O/c1-2-5-17-6-3-4-13-18-19-14(20-13)10-7-11(15)9-12(16)8-10/h7-9,17H,2-6H2,1H3. The largest absolute Gasteiger partial charge is 0.421 e. The van der Waals surface area contributed by atoms with Crippen molar-refractivity contribution in [3.05, 3.63) is 34.1 Å². The van der Waals surface area contributed by atoms with Gasteiger partial charge in [0.05, 0.1) is 0 Å². The summed E-state index contributed by atoms with van der Waals surface area (Å²) < 4.78 is 5.62. The Morgan fingerprint density at radius 1 is 1.10 bits per heavy atom. The van der Waals surface area contributed by atoms with Gasteiger partial charge in [-0.05, 0) is 44.1 Å². The molecule has 1 heterocycles. The first kappa shape index (κ1) is 15.3. The van der Waals surface area contributed by atoms with E-state index in [9.17, 15) is 0 Å². The Kier molecular flexibility index (Phi) is 5.83. The predicted octanol–water partition coefficient (Wildman–Crippen LogP) is 3.98. The van der Waals surface area contributed by atoms with Gasteiger partial charge in [-0.15, -0.1) is 10.2 Å². The minimum atomic E-state index is 0.450. The number of rotatable bonds is 7. The Morgan fingerprint density at radius 3 is 2.55 bits per heavy atom. The Balaban J connectivity index is 1.94. The maximum Gasteiger partial charge on any atom is 0.247 e. The summed E-state index contributed by atoms with van der Waals surface area (Å²) in [7, 11) is 0. The molecule has 0 aliphatic heterocycles. The quantitative estimate of drug-likeness (QED) is 0.786. The van der Waals surface area contributed by atoms with E-state index < -0.39 is 0 Å². The fraction of sp³-hybridized carbons (Fsp3) is 0.429. The molecule has 1 aromatic carbocycles. The summed E-state index contributed by atoms with van der Waals surface area (Å²) in [4.78, 5) is 0. The molecule has 108 valence electrons. The van der Waals surface area contributed by atoms with E-state index in [0.717, 1.165) is 37.9 Å². The lowest BCUT2D eigenvalue weighted by molar-refractivity contribution is 0.491. The molecule has 0 saturated heterocycles. The minimum absolute atomic E-state index is 0.450. The van der Waals surface area contributed by atoms with E-state index in [2.05, 4.69) is 22.4 Å². The summed E-state index contributed by atoms with van der Waals surface area (Å²) in [6.07, 6.45) is 2.87. The van der Waals surface area contributed by atoms with Gasteiger partial charge in [-0.1, -0.05) is 30.1 Å². The van der Waals surface area contributed by atoms with E-state index in [1.165, 1.54) is 0 Å². The zero-order valence-corrected chi connectivity index (χ0v) is 12.8. The molecule has 2 aromatic rings. The van der Waals surface area contributed by atoms with Crippen molar-refractivity contribution in [3.63, 3.8) is 0 Å². The molecule has 0 bridgehead atoms.